The molecule has 0 unspecified atom stereocenters. The van der Waals surface area contributed by atoms with Crippen molar-refractivity contribution in [3.8, 4) is 11.5 Å². The molecule has 4 heteroatoms. The Morgan fingerprint density at radius 2 is 1.68 bits per heavy atom. The Morgan fingerprint density at radius 1 is 0.909 bits per heavy atom. The van der Waals surface area contributed by atoms with Crippen molar-refractivity contribution in [3.63, 3.8) is 0 Å². The zero-order valence-electron chi connectivity index (χ0n) is 13.0. The number of benzene rings is 1. The molecule has 0 spiro atoms. The monoisotopic (exact) mass is 300 g/mol. The Bertz CT molecular complexity index is 572. The Kier molecular flexibility index (Phi) is 3.08. The van der Waals surface area contributed by atoms with Crippen LogP contribution in [0, 0.1) is 5.92 Å². The van der Waals surface area contributed by atoms with Gasteiger partial charge in [0.05, 0.1) is 0 Å². The molecule has 0 aromatic heterocycles. The molecule has 1 saturated carbocycles. The van der Waals surface area contributed by atoms with Crippen LogP contribution in [0.2, 0.25) is 0 Å². The molecule has 0 N–H and O–H groups in total. The normalized spacial score (nSPS) is 30.9. The maximum atomic E-state index is 5.51. The summed E-state index contributed by atoms with van der Waals surface area (Å²) in [7, 11) is 0. The first-order chi connectivity index (χ1) is 10.9. The molecule has 1 aromatic rings. The fraction of sp³-hybridized carbons (Fsp3) is 0.667. The van der Waals surface area contributed by atoms with Gasteiger partial charge in [0.25, 0.3) is 0 Å². The molecule has 1 aromatic carbocycles. The minimum atomic E-state index is 0.364. The summed E-state index contributed by atoms with van der Waals surface area (Å²) in [4.78, 5) is 5.47. The highest BCUT2D eigenvalue weighted by molar-refractivity contribution is 5.44. The molecule has 22 heavy (non-hydrogen) atoms. The minimum Gasteiger partial charge on any atom is -0.454 e. The number of hydrogen-bond acceptors (Lipinski definition) is 4. The molecule has 4 aliphatic rings. The summed E-state index contributed by atoms with van der Waals surface area (Å²) >= 11 is 0. The van der Waals surface area contributed by atoms with E-state index in [1.54, 1.807) is 0 Å². The lowest BCUT2D eigenvalue weighted by atomic mass is 10.1. The van der Waals surface area contributed by atoms with Gasteiger partial charge >= 0.3 is 0 Å². The molecule has 3 heterocycles. The molecular formula is C18H24N2O2. The molecular weight excluding hydrogens is 276 g/mol. The van der Waals surface area contributed by atoms with Crippen LogP contribution in [0.5, 0.6) is 11.5 Å². The van der Waals surface area contributed by atoms with Crippen molar-refractivity contribution in [2.24, 2.45) is 5.92 Å². The van der Waals surface area contributed by atoms with Crippen LogP contribution in [0.1, 0.15) is 31.2 Å². The van der Waals surface area contributed by atoms with E-state index >= 15 is 0 Å². The Balaban J connectivity index is 1.27. The smallest absolute Gasteiger partial charge is 0.231 e. The van der Waals surface area contributed by atoms with Crippen LogP contribution in [-0.4, -0.2) is 48.3 Å². The van der Waals surface area contributed by atoms with Crippen molar-refractivity contribution in [1.29, 1.82) is 0 Å². The minimum absolute atomic E-state index is 0.364. The number of nitrogens with zero attached hydrogens (tertiary/aromatic N) is 2. The molecule has 2 saturated heterocycles. The van der Waals surface area contributed by atoms with Crippen LogP contribution in [0.15, 0.2) is 18.2 Å². The van der Waals surface area contributed by atoms with Gasteiger partial charge in [-0.25, -0.2) is 0 Å². The highest BCUT2D eigenvalue weighted by Gasteiger charge is 2.43. The molecule has 0 amide bonds. The van der Waals surface area contributed by atoms with E-state index in [9.17, 15) is 0 Å². The van der Waals surface area contributed by atoms with Gasteiger partial charge in [-0.15, -0.1) is 0 Å². The largest absolute Gasteiger partial charge is 0.454 e. The molecule has 0 radical (unpaired) electrons. The fourth-order valence-electron chi connectivity index (χ4n) is 4.49. The Labute approximate surface area is 132 Å². The van der Waals surface area contributed by atoms with E-state index in [1.807, 2.05) is 0 Å². The average Bonchev–Trinajstić information content (AvgIpc) is 2.94. The number of hydrogen-bond donors (Lipinski definition) is 0. The van der Waals surface area contributed by atoms with Gasteiger partial charge in [0.1, 0.15) is 0 Å². The summed E-state index contributed by atoms with van der Waals surface area (Å²) in [6.45, 7) is 5.33. The predicted octanol–water partition coefficient (Wildman–Crippen LogP) is 2.47. The molecule has 5 rings (SSSR count). The molecule has 4 nitrogen and oxygen atoms in total. The maximum Gasteiger partial charge on any atom is 0.231 e. The van der Waals surface area contributed by atoms with E-state index in [1.165, 1.54) is 50.9 Å². The van der Waals surface area contributed by atoms with Crippen molar-refractivity contribution >= 4 is 0 Å². The van der Waals surface area contributed by atoms with Crippen LogP contribution in [-0.2, 0) is 6.54 Å². The summed E-state index contributed by atoms with van der Waals surface area (Å²) in [6, 6.07) is 7.99. The van der Waals surface area contributed by atoms with Crippen molar-refractivity contribution in [2.45, 2.75) is 44.3 Å². The number of fused-ring (bicyclic) bond motifs is 2. The zero-order chi connectivity index (χ0) is 14.5. The van der Waals surface area contributed by atoms with E-state index in [0.717, 1.165) is 36.0 Å². The lowest BCUT2D eigenvalue weighted by molar-refractivity contribution is 0.174. The number of ether oxygens (including phenoxy) is 2. The van der Waals surface area contributed by atoms with Gasteiger partial charge < -0.3 is 9.47 Å². The maximum absolute atomic E-state index is 5.51. The van der Waals surface area contributed by atoms with Gasteiger partial charge in [0, 0.05) is 38.3 Å². The van der Waals surface area contributed by atoms with E-state index < -0.39 is 0 Å². The summed E-state index contributed by atoms with van der Waals surface area (Å²) in [5.41, 5.74) is 1.35. The number of rotatable bonds is 4. The third-order valence-electron chi connectivity index (χ3n) is 5.82. The topological polar surface area (TPSA) is 24.9 Å². The van der Waals surface area contributed by atoms with Crippen molar-refractivity contribution in [3.05, 3.63) is 23.8 Å². The molecule has 3 aliphatic heterocycles. The van der Waals surface area contributed by atoms with Gasteiger partial charge in [-0.2, -0.15) is 0 Å². The zero-order valence-corrected chi connectivity index (χ0v) is 13.0. The summed E-state index contributed by atoms with van der Waals surface area (Å²) in [5.74, 6) is 2.82. The quantitative estimate of drug-likeness (QED) is 0.853. The first kappa shape index (κ1) is 13.2. The molecule has 2 atom stereocenters. The number of likely N-dealkylation sites (tertiary alicyclic amines) is 2. The molecule has 1 aliphatic carbocycles. The second-order valence-electron chi connectivity index (χ2n) is 7.31. The summed E-state index contributed by atoms with van der Waals surface area (Å²) in [5, 5.41) is 0. The first-order valence-electron chi connectivity index (χ1n) is 8.73. The lowest BCUT2D eigenvalue weighted by Crippen LogP contribution is -2.37. The first-order valence-corrected chi connectivity index (χ1v) is 8.73. The van der Waals surface area contributed by atoms with Gasteiger partial charge in [-0.3, -0.25) is 9.80 Å². The Morgan fingerprint density at radius 3 is 2.55 bits per heavy atom. The van der Waals surface area contributed by atoms with E-state index in [0.29, 0.717) is 6.79 Å². The van der Waals surface area contributed by atoms with E-state index in [2.05, 4.69) is 28.0 Å². The van der Waals surface area contributed by atoms with Crippen LogP contribution in [0.4, 0.5) is 0 Å². The third kappa shape index (κ3) is 2.29. The highest BCUT2D eigenvalue weighted by Crippen LogP contribution is 2.38. The summed E-state index contributed by atoms with van der Waals surface area (Å²) in [6.07, 6.45) is 5.63. The van der Waals surface area contributed by atoms with Crippen molar-refractivity contribution in [1.82, 2.24) is 9.80 Å². The predicted molar refractivity (Wildman–Crippen MR) is 84.1 cm³/mol. The highest BCUT2D eigenvalue weighted by atomic mass is 16.7. The van der Waals surface area contributed by atoms with Crippen LogP contribution < -0.4 is 9.47 Å². The van der Waals surface area contributed by atoms with Crippen LogP contribution in [0.3, 0.4) is 0 Å². The molecule has 118 valence electrons. The van der Waals surface area contributed by atoms with Gasteiger partial charge in [-0.1, -0.05) is 6.07 Å². The van der Waals surface area contributed by atoms with Gasteiger partial charge in [-0.05, 0) is 49.3 Å². The third-order valence-corrected chi connectivity index (χ3v) is 5.82. The fourth-order valence-corrected chi connectivity index (χ4v) is 4.49. The molecule has 0 bridgehead atoms. The van der Waals surface area contributed by atoms with Gasteiger partial charge in [0.2, 0.25) is 6.79 Å². The van der Waals surface area contributed by atoms with Crippen LogP contribution >= 0.6 is 0 Å². The second-order valence-corrected chi connectivity index (χ2v) is 7.31. The Hall–Kier alpha value is -1.26. The van der Waals surface area contributed by atoms with Crippen LogP contribution in [0.25, 0.3) is 0 Å². The molecule has 3 fully saturated rings. The summed E-state index contributed by atoms with van der Waals surface area (Å²) < 4.78 is 10.9. The van der Waals surface area contributed by atoms with E-state index in [-0.39, 0.29) is 0 Å². The SMILES string of the molecule is c1cc2c(cc1CN1CC[C@@H]3[C@@H]1CCN3CC1CC1)OCO2. The van der Waals surface area contributed by atoms with Gasteiger partial charge in [0.15, 0.2) is 11.5 Å². The lowest BCUT2D eigenvalue weighted by Gasteiger charge is -2.25. The van der Waals surface area contributed by atoms with Crippen molar-refractivity contribution < 1.29 is 9.47 Å². The average molecular weight is 300 g/mol. The standard InChI is InChI=1S/C18H24N2O2/c1-2-13(1)10-19-7-5-16-15(19)6-8-20(16)11-14-3-4-17-18(9-14)22-12-21-17/h3-4,9,13,15-16H,1-2,5-8,10-12H2/t15-,16+/m1/s1. The van der Waals surface area contributed by atoms with E-state index in [4.69, 9.17) is 9.47 Å². The van der Waals surface area contributed by atoms with Crippen molar-refractivity contribution in [2.75, 3.05) is 26.4 Å². The second kappa shape index (κ2) is 5.14.